The molecule has 5 nitrogen and oxygen atoms in total. The van der Waals surface area contributed by atoms with Gasteiger partial charge in [-0.1, -0.05) is 18.2 Å². The zero-order valence-electron chi connectivity index (χ0n) is 13.9. The van der Waals surface area contributed by atoms with Gasteiger partial charge in [0.1, 0.15) is 5.82 Å². The summed E-state index contributed by atoms with van der Waals surface area (Å²) in [6.07, 6.45) is -0.412. The second kappa shape index (κ2) is 9.30. The zero-order chi connectivity index (χ0) is 16.7. The topological polar surface area (TPSA) is 45.2 Å². The minimum atomic E-state index is -0.583. The van der Waals surface area contributed by atoms with E-state index < -0.39 is 6.10 Å². The molecule has 1 aromatic carbocycles. The van der Waals surface area contributed by atoms with Gasteiger partial charge in [-0.25, -0.2) is 4.39 Å². The molecule has 1 heterocycles. The number of hydrogen-bond donors (Lipinski definition) is 1. The molecule has 1 saturated heterocycles. The lowest BCUT2D eigenvalue weighted by Crippen LogP contribution is -2.49. The van der Waals surface area contributed by atoms with E-state index in [4.69, 9.17) is 9.47 Å². The van der Waals surface area contributed by atoms with Crippen LogP contribution in [0, 0.1) is 5.82 Å². The number of hydrogen-bond acceptors (Lipinski definition) is 5. The van der Waals surface area contributed by atoms with Crippen LogP contribution in [0.2, 0.25) is 0 Å². The van der Waals surface area contributed by atoms with Crippen molar-refractivity contribution in [3.05, 3.63) is 35.6 Å². The molecule has 0 saturated carbocycles. The van der Waals surface area contributed by atoms with Crippen LogP contribution in [0.5, 0.6) is 0 Å². The first-order chi connectivity index (χ1) is 11.0. The number of aliphatic hydroxyl groups excluding tert-OH is 1. The van der Waals surface area contributed by atoms with Gasteiger partial charge in [0.2, 0.25) is 0 Å². The van der Waals surface area contributed by atoms with E-state index in [-0.39, 0.29) is 25.1 Å². The highest BCUT2D eigenvalue weighted by Crippen LogP contribution is 2.09. The Bertz CT molecular complexity index is 473. The zero-order valence-corrected chi connectivity index (χ0v) is 13.9. The maximum atomic E-state index is 13.5. The van der Waals surface area contributed by atoms with Gasteiger partial charge in [0.05, 0.1) is 32.0 Å². The van der Waals surface area contributed by atoms with Crippen LogP contribution in [0.1, 0.15) is 5.56 Å². The molecule has 1 aliphatic rings. The number of aliphatic hydroxyl groups is 1. The van der Waals surface area contributed by atoms with Crippen molar-refractivity contribution in [1.29, 1.82) is 0 Å². The first kappa shape index (κ1) is 18.3. The summed E-state index contributed by atoms with van der Waals surface area (Å²) in [5, 5.41) is 10.1. The summed E-state index contributed by atoms with van der Waals surface area (Å²) in [6.45, 7) is 4.10. The molecule has 0 unspecified atom stereocenters. The Labute approximate surface area is 137 Å². The minimum Gasteiger partial charge on any atom is -0.389 e. The number of rotatable bonds is 8. The van der Waals surface area contributed by atoms with Crippen LogP contribution in [-0.4, -0.2) is 80.6 Å². The first-order valence-electron chi connectivity index (χ1n) is 8.02. The largest absolute Gasteiger partial charge is 0.389 e. The van der Waals surface area contributed by atoms with Crippen LogP contribution in [0.4, 0.5) is 4.39 Å². The summed E-state index contributed by atoms with van der Waals surface area (Å²) in [7, 11) is 4.04. The molecule has 0 spiro atoms. The van der Waals surface area contributed by atoms with Gasteiger partial charge < -0.3 is 19.5 Å². The Morgan fingerprint density at radius 1 is 1.43 bits per heavy atom. The number of benzene rings is 1. The van der Waals surface area contributed by atoms with E-state index >= 15 is 0 Å². The Morgan fingerprint density at radius 3 is 2.96 bits per heavy atom. The monoisotopic (exact) mass is 326 g/mol. The van der Waals surface area contributed by atoms with E-state index in [1.165, 1.54) is 6.07 Å². The van der Waals surface area contributed by atoms with Crippen LogP contribution in [0.3, 0.4) is 0 Å². The quantitative estimate of drug-likeness (QED) is 0.771. The molecule has 6 heteroatoms. The number of likely N-dealkylation sites (N-methyl/N-ethyl adjacent to an activating group) is 1. The van der Waals surface area contributed by atoms with E-state index in [0.29, 0.717) is 18.7 Å². The highest BCUT2D eigenvalue weighted by molar-refractivity contribution is 5.16. The van der Waals surface area contributed by atoms with Gasteiger partial charge >= 0.3 is 0 Å². The van der Waals surface area contributed by atoms with Gasteiger partial charge in [-0.3, -0.25) is 4.90 Å². The SMILES string of the molecule is CN(C)C[C@@H]1CN(C[C@H](O)COCc2ccccc2F)CCO1. The first-order valence-corrected chi connectivity index (χ1v) is 8.02. The summed E-state index contributed by atoms with van der Waals surface area (Å²) < 4.78 is 24.6. The molecule has 1 N–H and O–H groups in total. The summed E-state index contributed by atoms with van der Waals surface area (Å²) >= 11 is 0. The molecule has 2 atom stereocenters. The highest BCUT2D eigenvalue weighted by atomic mass is 19.1. The number of nitrogens with zero attached hydrogens (tertiary/aromatic N) is 2. The van der Waals surface area contributed by atoms with E-state index in [1.807, 2.05) is 14.1 Å². The lowest BCUT2D eigenvalue weighted by molar-refractivity contribution is -0.0585. The molecule has 23 heavy (non-hydrogen) atoms. The van der Waals surface area contributed by atoms with Gasteiger partial charge in [-0.15, -0.1) is 0 Å². The molecule has 0 aliphatic carbocycles. The fraction of sp³-hybridized carbons (Fsp3) is 0.647. The summed E-state index contributed by atoms with van der Waals surface area (Å²) in [6, 6.07) is 6.52. The standard InChI is InChI=1S/C17H27FN2O3/c1-19(2)10-16-11-20(7-8-23-16)9-15(21)13-22-12-14-5-3-4-6-17(14)18/h3-6,15-16,21H,7-13H2,1-2H3/t15-,16+/m0/s1. The van der Waals surface area contributed by atoms with Gasteiger partial charge in [0.15, 0.2) is 0 Å². The van der Waals surface area contributed by atoms with Crippen molar-refractivity contribution in [1.82, 2.24) is 9.80 Å². The molecule has 0 aromatic heterocycles. The summed E-state index contributed by atoms with van der Waals surface area (Å²) in [5.41, 5.74) is 0.511. The predicted molar refractivity (Wildman–Crippen MR) is 86.8 cm³/mol. The minimum absolute atomic E-state index is 0.172. The predicted octanol–water partition coefficient (Wildman–Crippen LogP) is 0.966. The molecule has 0 bridgehead atoms. The van der Waals surface area contributed by atoms with Crippen molar-refractivity contribution in [2.24, 2.45) is 0 Å². The third-order valence-corrected chi connectivity index (χ3v) is 3.79. The van der Waals surface area contributed by atoms with Crippen molar-refractivity contribution in [3.63, 3.8) is 0 Å². The van der Waals surface area contributed by atoms with Crippen molar-refractivity contribution >= 4 is 0 Å². The van der Waals surface area contributed by atoms with Crippen molar-refractivity contribution in [2.75, 3.05) is 53.5 Å². The normalized spacial score (nSPS) is 20.8. The third-order valence-electron chi connectivity index (χ3n) is 3.79. The average molecular weight is 326 g/mol. The van der Waals surface area contributed by atoms with Crippen LogP contribution < -0.4 is 0 Å². The third kappa shape index (κ3) is 6.53. The average Bonchev–Trinajstić information content (AvgIpc) is 2.49. The Balaban J connectivity index is 1.68. The Morgan fingerprint density at radius 2 is 2.22 bits per heavy atom. The molecule has 2 rings (SSSR count). The second-order valence-electron chi connectivity index (χ2n) is 6.27. The van der Waals surface area contributed by atoms with Crippen LogP contribution in [0.25, 0.3) is 0 Å². The van der Waals surface area contributed by atoms with E-state index in [1.54, 1.807) is 18.2 Å². The molecule has 0 amide bonds. The van der Waals surface area contributed by atoms with Crippen LogP contribution in [-0.2, 0) is 16.1 Å². The van der Waals surface area contributed by atoms with Gasteiger partial charge in [-0.2, -0.15) is 0 Å². The van der Waals surface area contributed by atoms with Gasteiger partial charge in [0, 0.05) is 31.7 Å². The lowest BCUT2D eigenvalue weighted by Gasteiger charge is -2.35. The molecule has 1 aromatic rings. The summed E-state index contributed by atoms with van der Waals surface area (Å²) in [5.74, 6) is -0.276. The summed E-state index contributed by atoms with van der Waals surface area (Å²) in [4.78, 5) is 4.29. The maximum Gasteiger partial charge on any atom is 0.128 e. The van der Waals surface area contributed by atoms with Gasteiger partial charge in [0.25, 0.3) is 0 Å². The fourth-order valence-corrected chi connectivity index (χ4v) is 2.74. The Hall–Kier alpha value is -1.05. The Kier molecular flexibility index (Phi) is 7.39. The number of ether oxygens (including phenoxy) is 2. The molecular weight excluding hydrogens is 299 g/mol. The van der Waals surface area contributed by atoms with E-state index in [2.05, 4.69) is 9.80 Å². The van der Waals surface area contributed by atoms with E-state index in [9.17, 15) is 9.50 Å². The fourth-order valence-electron chi connectivity index (χ4n) is 2.74. The number of β-amino-alcohol motifs (C(OH)–C–C–N with tert-alkyl or cyclic N) is 1. The maximum absolute atomic E-state index is 13.5. The lowest BCUT2D eigenvalue weighted by atomic mass is 10.2. The molecular formula is C17H27FN2O3. The van der Waals surface area contributed by atoms with E-state index in [0.717, 1.165) is 19.6 Å². The van der Waals surface area contributed by atoms with Crippen LogP contribution in [0.15, 0.2) is 24.3 Å². The number of halogens is 1. The molecule has 130 valence electrons. The number of morpholine rings is 1. The molecule has 1 aliphatic heterocycles. The van der Waals surface area contributed by atoms with Gasteiger partial charge in [-0.05, 0) is 20.2 Å². The van der Waals surface area contributed by atoms with Crippen molar-refractivity contribution in [3.8, 4) is 0 Å². The molecule has 0 radical (unpaired) electrons. The highest BCUT2D eigenvalue weighted by Gasteiger charge is 2.22. The van der Waals surface area contributed by atoms with Crippen molar-refractivity contribution in [2.45, 2.75) is 18.8 Å². The smallest absolute Gasteiger partial charge is 0.128 e. The second-order valence-corrected chi connectivity index (χ2v) is 6.27. The van der Waals surface area contributed by atoms with Crippen LogP contribution >= 0.6 is 0 Å². The van der Waals surface area contributed by atoms with Crippen molar-refractivity contribution < 1.29 is 19.0 Å². The molecule has 1 fully saturated rings.